The van der Waals surface area contributed by atoms with Crippen LogP contribution in [-0.4, -0.2) is 20.0 Å². The van der Waals surface area contributed by atoms with Crippen LogP contribution in [0.15, 0.2) is 81.1 Å². The highest BCUT2D eigenvalue weighted by atomic mass is 32.2. The molecule has 3 rings (SSSR count). The van der Waals surface area contributed by atoms with Gasteiger partial charge in [0.2, 0.25) is 0 Å². The molecule has 8 heteroatoms. The summed E-state index contributed by atoms with van der Waals surface area (Å²) < 4.78 is 29.7. The van der Waals surface area contributed by atoms with Crippen LogP contribution in [0.2, 0.25) is 0 Å². The Bertz CT molecular complexity index is 1100. The van der Waals surface area contributed by atoms with Crippen LogP contribution in [0.25, 0.3) is 0 Å². The van der Waals surface area contributed by atoms with Crippen molar-refractivity contribution in [3.05, 3.63) is 83.8 Å². The molecule has 0 fully saturated rings. The lowest BCUT2D eigenvalue weighted by Gasteiger charge is -2.07. The molecule has 2 N–H and O–H groups in total. The zero-order chi connectivity index (χ0) is 20.1. The summed E-state index contributed by atoms with van der Waals surface area (Å²) in [6.45, 7) is 3.45. The van der Waals surface area contributed by atoms with E-state index < -0.39 is 10.0 Å². The van der Waals surface area contributed by atoms with E-state index in [0.717, 1.165) is 0 Å². The van der Waals surface area contributed by atoms with Crippen molar-refractivity contribution in [2.24, 2.45) is 5.10 Å². The molecule has 0 atom stereocenters. The van der Waals surface area contributed by atoms with Gasteiger partial charge >= 0.3 is 0 Å². The van der Waals surface area contributed by atoms with Crippen molar-refractivity contribution in [2.75, 3.05) is 5.32 Å². The van der Waals surface area contributed by atoms with Crippen molar-refractivity contribution < 1.29 is 17.6 Å². The molecule has 7 nitrogen and oxygen atoms in total. The average molecular weight is 397 g/mol. The van der Waals surface area contributed by atoms with Gasteiger partial charge in [-0.15, -0.1) is 0 Å². The van der Waals surface area contributed by atoms with Crippen LogP contribution in [0.3, 0.4) is 0 Å². The Morgan fingerprint density at radius 3 is 2.25 bits per heavy atom. The normalized spacial score (nSPS) is 11.9. The van der Waals surface area contributed by atoms with Crippen LogP contribution in [0.1, 0.15) is 28.8 Å². The predicted octanol–water partition coefficient (Wildman–Crippen LogP) is 3.54. The molecule has 0 saturated heterocycles. The molecule has 0 aliphatic heterocycles. The van der Waals surface area contributed by atoms with Gasteiger partial charge in [-0.2, -0.15) is 18.4 Å². The first-order valence-corrected chi connectivity index (χ1v) is 9.93. The van der Waals surface area contributed by atoms with Crippen molar-refractivity contribution >= 4 is 27.3 Å². The summed E-state index contributed by atoms with van der Waals surface area (Å²) in [7, 11) is -3.72. The first-order chi connectivity index (χ1) is 13.3. The van der Waals surface area contributed by atoms with E-state index in [1.54, 1.807) is 68.4 Å². The second-order valence-electron chi connectivity index (χ2n) is 6.05. The summed E-state index contributed by atoms with van der Waals surface area (Å²) in [5.74, 6) is 0.543. The fourth-order valence-electron chi connectivity index (χ4n) is 2.39. The zero-order valence-electron chi connectivity index (χ0n) is 15.3. The fraction of sp³-hybridized carbons (Fsp3) is 0.100. The minimum Gasteiger partial charge on any atom is -0.456 e. The van der Waals surface area contributed by atoms with Crippen molar-refractivity contribution in [1.29, 1.82) is 0 Å². The van der Waals surface area contributed by atoms with E-state index in [2.05, 4.69) is 15.2 Å². The van der Waals surface area contributed by atoms with Gasteiger partial charge in [-0.1, -0.05) is 30.3 Å². The number of rotatable bonds is 6. The first-order valence-electron chi connectivity index (χ1n) is 8.44. The average Bonchev–Trinajstić information content (AvgIpc) is 3.14. The summed E-state index contributed by atoms with van der Waals surface area (Å²) >= 11 is 0. The molecule has 0 unspecified atom stereocenters. The van der Waals surface area contributed by atoms with Gasteiger partial charge in [0.05, 0.1) is 10.6 Å². The lowest BCUT2D eigenvalue weighted by atomic mass is 10.1. The molecule has 0 spiro atoms. The highest BCUT2D eigenvalue weighted by Crippen LogP contribution is 2.14. The third-order valence-corrected chi connectivity index (χ3v) is 5.14. The van der Waals surface area contributed by atoms with Crippen LogP contribution in [0.5, 0.6) is 0 Å². The van der Waals surface area contributed by atoms with Crippen LogP contribution < -0.4 is 10.1 Å². The quantitative estimate of drug-likeness (QED) is 0.491. The number of amides is 1. The van der Waals surface area contributed by atoms with Gasteiger partial charge in [-0.25, -0.2) is 0 Å². The van der Waals surface area contributed by atoms with Crippen LogP contribution in [0, 0.1) is 6.92 Å². The maximum Gasteiger partial charge on any atom is 0.291 e. The van der Waals surface area contributed by atoms with E-state index in [-0.39, 0.29) is 16.6 Å². The molecule has 1 amide bonds. The van der Waals surface area contributed by atoms with Crippen molar-refractivity contribution in [2.45, 2.75) is 18.7 Å². The van der Waals surface area contributed by atoms with Crippen molar-refractivity contribution in [3.63, 3.8) is 0 Å². The van der Waals surface area contributed by atoms with Gasteiger partial charge < -0.3 is 9.73 Å². The third-order valence-electron chi connectivity index (χ3n) is 3.91. The van der Waals surface area contributed by atoms with Crippen LogP contribution in [0.4, 0.5) is 5.69 Å². The smallest absolute Gasteiger partial charge is 0.291 e. The number of hydrazone groups is 1. The van der Waals surface area contributed by atoms with Gasteiger partial charge in [0, 0.05) is 5.69 Å². The van der Waals surface area contributed by atoms with Gasteiger partial charge in [-0.05, 0) is 55.8 Å². The van der Waals surface area contributed by atoms with Gasteiger partial charge in [0.15, 0.2) is 5.76 Å². The van der Waals surface area contributed by atoms with Gasteiger partial charge in [0.1, 0.15) is 5.76 Å². The molecule has 1 heterocycles. The van der Waals surface area contributed by atoms with Crippen molar-refractivity contribution in [1.82, 2.24) is 4.83 Å². The number of furan rings is 1. The lowest BCUT2D eigenvalue weighted by molar-refractivity contribution is 0.0995. The summed E-state index contributed by atoms with van der Waals surface area (Å²) in [6.07, 6.45) is 0. The summed E-state index contributed by atoms with van der Waals surface area (Å²) in [4.78, 5) is 14.4. The number of nitrogens with zero attached hydrogens (tertiary/aromatic N) is 1. The van der Waals surface area contributed by atoms with E-state index in [1.807, 2.05) is 0 Å². The fourth-order valence-corrected chi connectivity index (χ4v) is 3.27. The minimum atomic E-state index is -3.72. The molecule has 28 heavy (non-hydrogen) atoms. The van der Waals surface area contributed by atoms with Crippen LogP contribution in [-0.2, 0) is 10.0 Å². The SMILES string of the molecule is CC(=NNS(=O)(=O)c1ccccc1)c1ccc(NC(=O)c2ccc(C)o2)cc1. The molecule has 0 radical (unpaired) electrons. The topological polar surface area (TPSA) is 101 Å². The maximum atomic E-state index is 12.2. The number of carbonyl (C=O) groups excluding carboxylic acids is 1. The molecule has 2 aromatic carbocycles. The van der Waals surface area contributed by atoms with E-state index in [1.165, 1.54) is 12.1 Å². The first kappa shape index (κ1) is 19.4. The third kappa shape index (κ3) is 4.66. The van der Waals surface area contributed by atoms with Gasteiger partial charge in [-0.3, -0.25) is 4.79 Å². The molecular formula is C20H19N3O4S. The molecular weight excluding hydrogens is 378 g/mol. The summed E-state index contributed by atoms with van der Waals surface area (Å²) in [5, 5.41) is 6.69. The Hall–Kier alpha value is -3.39. The number of carbonyl (C=O) groups is 1. The number of hydrogen-bond donors (Lipinski definition) is 2. The van der Waals surface area contributed by atoms with Crippen LogP contribution >= 0.6 is 0 Å². The van der Waals surface area contributed by atoms with E-state index in [4.69, 9.17) is 4.42 Å². The summed E-state index contributed by atoms with van der Waals surface area (Å²) in [6, 6.07) is 18.2. The second-order valence-corrected chi connectivity index (χ2v) is 7.71. The minimum absolute atomic E-state index is 0.137. The van der Waals surface area contributed by atoms with E-state index in [9.17, 15) is 13.2 Å². The summed E-state index contributed by atoms with van der Waals surface area (Å²) in [5.41, 5.74) is 1.78. The Balaban J connectivity index is 1.67. The predicted molar refractivity (Wildman–Crippen MR) is 107 cm³/mol. The number of anilines is 1. The van der Waals surface area contributed by atoms with Gasteiger partial charge in [0.25, 0.3) is 15.9 Å². The highest BCUT2D eigenvalue weighted by molar-refractivity contribution is 7.89. The highest BCUT2D eigenvalue weighted by Gasteiger charge is 2.13. The molecule has 0 saturated carbocycles. The number of nitrogens with one attached hydrogen (secondary N) is 2. The largest absolute Gasteiger partial charge is 0.456 e. The molecule has 0 aliphatic rings. The molecule has 1 aromatic heterocycles. The maximum absolute atomic E-state index is 12.2. The van der Waals surface area contributed by atoms with E-state index >= 15 is 0 Å². The molecule has 3 aromatic rings. The van der Waals surface area contributed by atoms with Crippen molar-refractivity contribution in [3.8, 4) is 0 Å². The number of benzene rings is 2. The molecule has 0 bridgehead atoms. The zero-order valence-corrected chi connectivity index (χ0v) is 16.2. The monoisotopic (exact) mass is 397 g/mol. The second kappa shape index (κ2) is 8.10. The Morgan fingerprint density at radius 1 is 0.964 bits per heavy atom. The standard InChI is InChI=1S/C20H19N3O4S/c1-14-8-13-19(27-14)20(24)21-17-11-9-16(10-12-17)15(2)22-23-28(25,26)18-6-4-3-5-7-18/h3-13,23H,1-2H3,(H,21,24). The number of sulfonamides is 1. The molecule has 0 aliphatic carbocycles. The molecule has 144 valence electrons. The Labute approximate surface area is 163 Å². The Morgan fingerprint density at radius 2 is 1.64 bits per heavy atom. The number of aryl methyl sites for hydroxylation is 1. The number of hydrogen-bond acceptors (Lipinski definition) is 5. The van der Waals surface area contributed by atoms with E-state index in [0.29, 0.717) is 22.7 Å². The lowest BCUT2D eigenvalue weighted by Crippen LogP contribution is -2.19. The Kier molecular flexibility index (Phi) is 5.60.